The minimum absolute atomic E-state index is 0.0344. The Hall–Kier alpha value is -3.26. The van der Waals surface area contributed by atoms with Crippen LogP contribution >= 0.6 is 0 Å². The zero-order valence-electron chi connectivity index (χ0n) is 16.8. The first-order chi connectivity index (χ1) is 14.4. The maximum atomic E-state index is 14.3. The van der Waals surface area contributed by atoms with Gasteiger partial charge < -0.3 is 20.7 Å². The van der Waals surface area contributed by atoms with Gasteiger partial charge in [0.1, 0.15) is 0 Å². The summed E-state index contributed by atoms with van der Waals surface area (Å²) in [7, 11) is 1.53. The van der Waals surface area contributed by atoms with E-state index in [1.165, 1.54) is 7.11 Å². The summed E-state index contributed by atoms with van der Waals surface area (Å²) in [5.74, 6) is -1.81. The Balaban J connectivity index is 1.66. The van der Waals surface area contributed by atoms with Crippen molar-refractivity contribution in [3.8, 4) is 5.75 Å². The number of allylic oxidation sites excluding steroid dienone is 3. The van der Waals surface area contributed by atoms with Gasteiger partial charge in [0.15, 0.2) is 11.6 Å². The van der Waals surface area contributed by atoms with Crippen molar-refractivity contribution in [2.45, 2.75) is 25.4 Å². The number of benzene rings is 1. The number of rotatable bonds is 6. The van der Waals surface area contributed by atoms with Crippen LogP contribution in [0.3, 0.4) is 0 Å². The van der Waals surface area contributed by atoms with E-state index < -0.39 is 5.92 Å². The van der Waals surface area contributed by atoms with E-state index in [9.17, 15) is 8.78 Å². The third-order valence-corrected chi connectivity index (χ3v) is 5.09. The maximum absolute atomic E-state index is 14.3. The smallest absolute Gasteiger partial charge is 0.287 e. The first kappa shape index (κ1) is 20.0. The number of anilines is 2. The predicted octanol–water partition coefficient (Wildman–Crippen LogP) is 3.65. The number of fused-ring (bicyclic) bond motifs is 1. The SMILES string of the molecule is COc1cnc(N2C3=CC(F)(F)C=C(CN)C3=CC2C)nc1NCc1ccccc1. The molecule has 1 aliphatic carbocycles. The zero-order chi connectivity index (χ0) is 21.3. The maximum Gasteiger partial charge on any atom is 0.287 e. The molecule has 1 unspecified atom stereocenters. The molecule has 4 rings (SSSR count). The molecule has 1 aliphatic heterocycles. The summed E-state index contributed by atoms with van der Waals surface area (Å²) in [6.07, 6.45) is 5.30. The summed E-state index contributed by atoms with van der Waals surface area (Å²) < 4.78 is 33.9. The molecule has 156 valence electrons. The van der Waals surface area contributed by atoms with Gasteiger partial charge in [-0.3, -0.25) is 0 Å². The summed E-state index contributed by atoms with van der Waals surface area (Å²) in [5.41, 5.74) is 8.29. The molecule has 1 aromatic carbocycles. The fourth-order valence-electron chi connectivity index (χ4n) is 3.70. The molecule has 6 nitrogen and oxygen atoms in total. The summed E-state index contributed by atoms with van der Waals surface area (Å²) in [5, 5.41) is 3.25. The van der Waals surface area contributed by atoms with E-state index in [1.807, 2.05) is 43.3 Å². The summed E-state index contributed by atoms with van der Waals surface area (Å²) >= 11 is 0. The van der Waals surface area contributed by atoms with Crippen LogP contribution in [-0.2, 0) is 6.54 Å². The van der Waals surface area contributed by atoms with Gasteiger partial charge in [-0.15, -0.1) is 0 Å². The number of ether oxygens (including phenoxy) is 1. The number of methoxy groups -OCH3 is 1. The number of aromatic nitrogens is 2. The van der Waals surface area contributed by atoms with Gasteiger partial charge in [-0.05, 0) is 24.1 Å². The highest BCUT2D eigenvalue weighted by molar-refractivity contribution is 5.67. The van der Waals surface area contributed by atoms with Crippen LogP contribution in [-0.4, -0.2) is 35.6 Å². The van der Waals surface area contributed by atoms with E-state index in [0.717, 1.165) is 17.7 Å². The molecule has 0 saturated heterocycles. The van der Waals surface area contributed by atoms with Crippen molar-refractivity contribution < 1.29 is 13.5 Å². The van der Waals surface area contributed by atoms with Crippen LogP contribution in [0.2, 0.25) is 0 Å². The van der Waals surface area contributed by atoms with Crippen LogP contribution in [0.4, 0.5) is 20.5 Å². The average molecular weight is 411 g/mol. The molecule has 30 heavy (non-hydrogen) atoms. The molecule has 2 heterocycles. The number of alkyl halides is 2. The monoisotopic (exact) mass is 411 g/mol. The van der Waals surface area contributed by atoms with E-state index in [4.69, 9.17) is 10.5 Å². The lowest BCUT2D eigenvalue weighted by molar-refractivity contribution is 0.108. The molecule has 2 aromatic rings. The number of nitrogens with two attached hydrogens (primary N) is 1. The zero-order valence-corrected chi connectivity index (χ0v) is 16.8. The fourth-order valence-corrected chi connectivity index (χ4v) is 3.70. The molecule has 0 fully saturated rings. The van der Waals surface area contributed by atoms with Crippen LogP contribution < -0.4 is 20.7 Å². The Kier molecular flexibility index (Phi) is 5.26. The molecular formula is C22H23F2N5O. The third-order valence-electron chi connectivity index (χ3n) is 5.09. The van der Waals surface area contributed by atoms with E-state index in [2.05, 4.69) is 15.3 Å². The highest BCUT2D eigenvalue weighted by Crippen LogP contribution is 2.42. The Bertz CT molecular complexity index is 1030. The van der Waals surface area contributed by atoms with Crippen LogP contribution in [0.25, 0.3) is 0 Å². The Morgan fingerprint density at radius 3 is 2.70 bits per heavy atom. The highest BCUT2D eigenvalue weighted by Gasteiger charge is 2.39. The molecule has 0 saturated carbocycles. The second-order valence-corrected chi connectivity index (χ2v) is 7.19. The topological polar surface area (TPSA) is 76.3 Å². The first-order valence-corrected chi connectivity index (χ1v) is 9.65. The van der Waals surface area contributed by atoms with Gasteiger partial charge in [-0.25, -0.2) is 4.98 Å². The Labute approximate surface area is 173 Å². The minimum Gasteiger partial charge on any atom is -0.491 e. The molecular weight excluding hydrogens is 388 g/mol. The number of nitrogens with zero attached hydrogens (tertiary/aromatic N) is 3. The fraction of sp³-hybridized carbons (Fsp3) is 0.273. The molecule has 0 radical (unpaired) electrons. The molecule has 1 atom stereocenters. The van der Waals surface area contributed by atoms with Crippen molar-refractivity contribution in [3.05, 3.63) is 77.2 Å². The summed E-state index contributed by atoms with van der Waals surface area (Å²) in [6.45, 7) is 2.48. The van der Waals surface area contributed by atoms with Crippen LogP contribution in [0, 0.1) is 0 Å². The van der Waals surface area contributed by atoms with Crippen molar-refractivity contribution in [1.29, 1.82) is 0 Å². The number of hydrogen-bond acceptors (Lipinski definition) is 6. The van der Waals surface area contributed by atoms with Crippen molar-refractivity contribution in [3.63, 3.8) is 0 Å². The molecule has 0 bridgehead atoms. The van der Waals surface area contributed by atoms with E-state index in [0.29, 0.717) is 40.9 Å². The Morgan fingerprint density at radius 1 is 1.23 bits per heavy atom. The molecule has 8 heteroatoms. The predicted molar refractivity (Wildman–Crippen MR) is 113 cm³/mol. The van der Waals surface area contributed by atoms with E-state index in [1.54, 1.807) is 11.1 Å². The van der Waals surface area contributed by atoms with Gasteiger partial charge >= 0.3 is 0 Å². The first-order valence-electron chi connectivity index (χ1n) is 9.65. The molecule has 0 spiro atoms. The van der Waals surface area contributed by atoms with Crippen LogP contribution in [0.1, 0.15) is 12.5 Å². The molecule has 2 aliphatic rings. The quantitative estimate of drug-likeness (QED) is 0.756. The van der Waals surface area contributed by atoms with Crippen molar-refractivity contribution in [1.82, 2.24) is 9.97 Å². The minimum atomic E-state index is -3.08. The second kappa shape index (κ2) is 7.87. The van der Waals surface area contributed by atoms with Gasteiger partial charge in [0.25, 0.3) is 5.92 Å². The van der Waals surface area contributed by atoms with Crippen molar-refractivity contribution >= 4 is 11.8 Å². The number of halogens is 2. The standard InChI is InChI=1S/C22H23F2N5O/c1-14-8-17-16(11-25)9-22(23,24)10-18(17)29(14)21-27-13-19(30-2)20(28-21)26-12-15-6-4-3-5-7-15/h3-10,13-14H,11-12,25H2,1-2H3,(H,26,27,28). The van der Waals surface area contributed by atoms with Gasteiger partial charge in [0, 0.05) is 24.7 Å². The van der Waals surface area contributed by atoms with Crippen molar-refractivity contribution in [2.75, 3.05) is 23.9 Å². The lowest BCUT2D eigenvalue weighted by Gasteiger charge is -2.28. The second-order valence-electron chi connectivity index (χ2n) is 7.19. The summed E-state index contributed by atoms with van der Waals surface area (Å²) in [4.78, 5) is 10.7. The van der Waals surface area contributed by atoms with Gasteiger partial charge in [0.05, 0.1) is 25.0 Å². The normalized spacial score (nSPS) is 19.6. The molecule has 0 amide bonds. The average Bonchev–Trinajstić information content (AvgIpc) is 3.06. The van der Waals surface area contributed by atoms with E-state index >= 15 is 0 Å². The molecule has 3 N–H and O–H groups in total. The van der Waals surface area contributed by atoms with Gasteiger partial charge in [-0.2, -0.15) is 13.8 Å². The van der Waals surface area contributed by atoms with Crippen LogP contribution in [0.5, 0.6) is 5.75 Å². The largest absolute Gasteiger partial charge is 0.491 e. The van der Waals surface area contributed by atoms with Gasteiger partial charge in [-0.1, -0.05) is 36.4 Å². The molecule has 1 aromatic heterocycles. The van der Waals surface area contributed by atoms with E-state index in [-0.39, 0.29) is 12.6 Å². The van der Waals surface area contributed by atoms with Crippen molar-refractivity contribution in [2.24, 2.45) is 5.73 Å². The number of nitrogens with one attached hydrogen (secondary N) is 1. The highest BCUT2D eigenvalue weighted by atomic mass is 19.3. The Morgan fingerprint density at radius 2 is 2.00 bits per heavy atom. The van der Waals surface area contributed by atoms with Gasteiger partial charge in [0.2, 0.25) is 5.95 Å². The third kappa shape index (κ3) is 3.78. The van der Waals surface area contributed by atoms with Crippen LogP contribution in [0.15, 0.2) is 71.6 Å². The lowest BCUT2D eigenvalue weighted by Crippen LogP contribution is -2.31. The number of hydrogen-bond donors (Lipinski definition) is 2. The summed E-state index contributed by atoms with van der Waals surface area (Å²) in [6, 6.07) is 9.65. The lowest BCUT2D eigenvalue weighted by atomic mass is 9.95.